The number of nitrogens with one attached hydrogen (secondary N) is 1. The van der Waals surface area contributed by atoms with Gasteiger partial charge in [0.1, 0.15) is 4.21 Å². The Bertz CT molecular complexity index is 717. The lowest BCUT2D eigenvalue weighted by Gasteiger charge is -2.29. The molecule has 1 aliphatic rings. The predicted octanol–water partition coefficient (Wildman–Crippen LogP) is 1.47. The molecule has 1 aromatic heterocycles. The van der Waals surface area contributed by atoms with Gasteiger partial charge in [-0.1, -0.05) is 12.1 Å². The van der Waals surface area contributed by atoms with Crippen molar-refractivity contribution in [3.05, 3.63) is 36.4 Å². The third kappa shape index (κ3) is 3.26. The molecule has 1 fully saturated rings. The number of primary sulfonamides is 1. The molecule has 2 heterocycles. The molecule has 0 spiro atoms. The van der Waals surface area contributed by atoms with Gasteiger partial charge in [0.05, 0.1) is 0 Å². The maximum atomic E-state index is 11.3. The summed E-state index contributed by atoms with van der Waals surface area (Å²) in [5.41, 5.74) is 2.21. The van der Waals surface area contributed by atoms with Crippen molar-refractivity contribution in [1.29, 1.82) is 0 Å². The number of rotatable bonds is 3. The molecular weight excluding hydrogens is 306 g/mol. The van der Waals surface area contributed by atoms with E-state index in [1.807, 2.05) is 12.1 Å². The summed E-state index contributed by atoms with van der Waals surface area (Å²) in [7, 11) is -3.61. The van der Waals surface area contributed by atoms with Crippen LogP contribution in [0.15, 0.2) is 40.6 Å². The molecule has 0 unspecified atom stereocenters. The molecule has 7 heteroatoms. The van der Waals surface area contributed by atoms with Crippen LogP contribution in [0, 0.1) is 0 Å². The number of thiophene rings is 1. The van der Waals surface area contributed by atoms with Gasteiger partial charge in [0, 0.05) is 36.7 Å². The third-order valence-electron chi connectivity index (χ3n) is 3.50. The fraction of sp³-hybridized carbons (Fsp3) is 0.286. The molecule has 0 saturated carbocycles. The minimum absolute atomic E-state index is 0.198. The van der Waals surface area contributed by atoms with Crippen LogP contribution in [0.2, 0.25) is 0 Å². The van der Waals surface area contributed by atoms with E-state index >= 15 is 0 Å². The van der Waals surface area contributed by atoms with Gasteiger partial charge in [0.15, 0.2) is 0 Å². The van der Waals surface area contributed by atoms with Crippen molar-refractivity contribution in [2.45, 2.75) is 4.21 Å². The summed E-state index contributed by atoms with van der Waals surface area (Å²) in [5, 5.41) is 8.47. The average molecular weight is 323 g/mol. The molecule has 5 nitrogen and oxygen atoms in total. The Labute approximate surface area is 128 Å². The van der Waals surface area contributed by atoms with E-state index in [2.05, 4.69) is 22.3 Å². The summed E-state index contributed by atoms with van der Waals surface area (Å²) in [6.45, 7) is 4.02. The zero-order valence-corrected chi connectivity index (χ0v) is 13.1. The third-order valence-corrected chi connectivity index (χ3v) is 6.07. The number of benzene rings is 1. The molecule has 112 valence electrons. The van der Waals surface area contributed by atoms with Crippen LogP contribution in [-0.4, -0.2) is 34.6 Å². The van der Waals surface area contributed by atoms with Crippen molar-refractivity contribution in [3.63, 3.8) is 0 Å². The summed E-state index contributed by atoms with van der Waals surface area (Å²) in [6.07, 6.45) is 0. The molecule has 2 aromatic rings. The lowest BCUT2D eigenvalue weighted by atomic mass is 10.1. The minimum Gasteiger partial charge on any atom is -0.369 e. The molecule has 0 atom stereocenters. The van der Waals surface area contributed by atoms with Crippen LogP contribution >= 0.6 is 11.3 Å². The fourth-order valence-corrected chi connectivity index (χ4v) is 4.12. The molecule has 0 amide bonds. The van der Waals surface area contributed by atoms with Crippen molar-refractivity contribution in [1.82, 2.24) is 5.32 Å². The zero-order valence-electron chi connectivity index (χ0n) is 11.5. The van der Waals surface area contributed by atoms with E-state index in [0.717, 1.165) is 36.6 Å². The maximum absolute atomic E-state index is 11.3. The number of hydrogen-bond acceptors (Lipinski definition) is 5. The van der Waals surface area contributed by atoms with Crippen LogP contribution in [0.5, 0.6) is 0 Å². The Kier molecular flexibility index (Phi) is 3.99. The first-order valence-electron chi connectivity index (χ1n) is 6.73. The lowest BCUT2D eigenvalue weighted by molar-refractivity contribution is 0.589. The van der Waals surface area contributed by atoms with Crippen molar-refractivity contribution in [2.24, 2.45) is 5.14 Å². The van der Waals surface area contributed by atoms with Gasteiger partial charge in [-0.05, 0) is 29.8 Å². The summed E-state index contributed by atoms with van der Waals surface area (Å²) in [6, 6.07) is 11.6. The Morgan fingerprint density at radius 1 is 1.05 bits per heavy atom. The standard InChI is InChI=1S/C14H17N3O2S2/c15-21(18,19)14-6-5-13(20-14)11-1-3-12(4-2-11)17-9-7-16-8-10-17/h1-6,16H,7-10H2,(H2,15,18,19). The number of anilines is 1. The fourth-order valence-electron chi connectivity index (χ4n) is 2.39. The number of nitrogens with two attached hydrogens (primary N) is 1. The second kappa shape index (κ2) is 5.76. The monoisotopic (exact) mass is 323 g/mol. The first-order chi connectivity index (χ1) is 10.0. The molecule has 1 aliphatic heterocycles. The van der Waals surface area contributed by atoms with Gasteiger partial charge in [0.2, 0.25) is 10.0 Å². The normalized spacial score (nSPS) is 16.1. The van der Waals surface area contributed by atoms with Crippen LogP contribution in [-0.2, 0) is 10.0 Å². The van der Waals surface area contributed by atoms with E-state index in [-0.39, 0.29) is 4.21 Å². The highest BCUT2D eigenvalue weighted by Crippen LogP contribution is 2.31. The Morgan fingerprint density at radius 3 is 2.29 bits per heavy atom. The molecule has 0 bridgehead atoms. The minimum atomic E-state index is -3.61. The number of sulfonamides is 1. The molecule has 1 saturated heterocycles. The van der Waals surface area contributed by atoms with E-state index in [1.54, 1.807) is 12.1 Å². The first-order valence-corrected chi connectivity index (χ1v) is 9.09. The Balaban J connectivity index is 1.82. The smallest absolute Gasteiger partial charge is 0.247 e. The van der Waals surface area contributed by atoms with Crippen LogP contribution in [0.1, 0.15) is 0 Å². The van der Waals surface area contributed by atoms with E-state index in [4.69, 9.17) is 5.14 Å². The highest BCUT2D eigenvalue weighted by Gasteiger charge is 2.13. The van der Waals surface area contributed by atoms with Gasteiger partial charge >= 0.3 is 0 Å². The van der Waals surface area contributed by atoms with E-state index in [9.17, 15) is 8.42 Å². The Morgan fingerprint density at radius 2 is 1.71 bits per heavy atom. The molecule has 3 N–H and O–H groups in total. The van der Waals surface area contributed by atoms with Crippen molar-refractivity contribution >= 4 is 27.0 Å². The SMILES string of the molecule is NS(=O)(=O)c1ccc(-c2ccc(N3CCNCC3)cc2)s1. The van der Waals surface area contributed by atoms with Gasteiger partial charge in [0.25, 0.3) is 0 Å². The highest BCUT2D eigenvalue weighted by molar-refractivity contribution is 7.91. The van der Waals surface area contributed by atoms with Gasteiger partial charge < -0.3 is 10.2 Å². The van der Waals surface area contributed by atoms with Gasteiger partial charge in [-0.15, -0.1) is 11.3 Å². The van der Waals surface area contributed by atoms with E-state index < -0.39 is 10.0 Å². The molecule has 0 aliphatic carbocycles. The summed E-state index contributed by atoms with van der Waals surface area (Å²) in [5.74, 6) is 0. The number of nitrogens with zero attached hydrogens (tertiary/aromatic N) is 1. The van der Waals surface area contributed by atoms with Gasteiger partial charge in [-0.3, -0.25) is 0 Å². The molecule has 1 aromatic carbocycles. The van der Waals surface area contributed by atoms with E-state index in [1.165, 1.54) is 17.0 Å². The van der Waals surface area contributed by atoms with E-state index in [0.29, 0.717) is 0 Å². The number of hydrogen-bond donors (Lipinski definition) is 2. The summed E-state index contributed by atoms with van der Waals surface area (Å²) in [4.78, 5) is 3.25. The first kappa shape index (κ1) is 14.5. The van der Waals surface area contributed by atoms with Crippen molar-refractivity contribution in [3.8, 4) is 10.4 Å². The molecular formula is C14H17N3O2S2. The Hall–Kier alpha value is -1.41. The summed E-state index contributed by atoms with van der Waals surface area (Å²) >= 11 is 1.20. The second-order valence-corrected chi connectivity index (χ2v) is 7.82. The van der Waals surface area contributed by atoms with Gasteiger partial charge in [-0.2, -0.15) is 0 Å². The quantitative estimate of drug-likeness (QED) is 0.897. The van der Waals surface area contributed by atoms with Crippen molar-refractivity contribution in [2.75, 3.05) is 31.1 Å². The molecule has 0 radical (unpaired) electrons. The highest BCUT2D eigenvalue weighted by atomic mass is 32.2. The van der Waals surface area contributed by atoms with Crippen molar-refractivity contribution < 1.29 is 8.42 Å². The summed E-state index contributed by atoms with van der Waals surface area (Å²) < 4.78 is 22.8. The lowest BCUT2D eigenvalue weighted by Crippen LogP contribution is -2.43. The van der Waals surface area contributed by atoms with Crippen LogP contribution < -0.4 is 15.4 Å². The molecule has 21 heavy (non-hydrogen) atoms. The van der Waals surface area contributed by atoms with Gasteiger partial charge in [-0.25, -0.2) is 13.6 Å². The zero-order chi connectivity index (χ0) is 14.9. The second-order valence-electron chi connectivity index (χ2n) is 4.95. The predicted molar refractivity (Wildman–Crippen MR) is 86.2 cm³/mol. The largest absolute Gasteiger partial charge is 0.369 e. The van der Waals surface area contributed by atoms with Crippen LogP contribution in [0.3, 0.4) is 0 Å². The maximum Gasteiger partial charge on any atom is 0.247 e. The average Bonchev–Trinajstić information content (AvgIpc) is 2.98. The molecule has 3 rings (SSSR count). The number of piperazine rings is 1. The van der Waals surface area contributed by atoms with Crippen LogP contribution in [0.25, 0.3) is 10.4 Å². The van der Waals surface area contributed by atoms with Crippen LogP contribution in [0.4, 0.5) is 5.69 Å². The topological polar surface area (TPSA) is 75.4 Å².